The lowest BCUT2D eigenvalue weighted by molar-refractivity contribution is -0.177. The highest BCUT2D eigenvalue weighted by Crippen LogP contribution is 2.20. The predicted octanol–water partition coefficient (Wildman–Crippen LogP) is 3.12. The fraction of sp³-hybridized carbons (Fsp3) is 0.423. The Morgan fingerprint density at radius 2 is 1.47 bits per heavy atom. The topological polar surface area (TPSA) is 124 Å². The molecule has 0 aliphatic heterocycles. The number of hydrogen-bond acceptors (Lipinski definition) is 6. The summed E-state index contributed by atoms with van der Waals surface area (Å²) in [5.74, 6) is -4.25. The third kappa shape index (κ3) is 8.96. The first-order chi connectivity index (χ1) is 16.2. The maximum atomic E-state index is 12.6. The van der Waals surface area contributed by atoms with Gasteiger partial charge >= 0.3 is 17.9 Å². The van der Waals surface area contributed by atoms with E-state index in [-0.39, 0.29) is 0 Å². The molecule has 0 fully saturated rings. The summed E-state index contributed by atoms with van der Waals surface area (Å²) in [7, 11) is 0. The molecule has 2 unspecified atom stereocenters. The lowest BCUT2D eigenvalue weighted by atomic mass is 9.96. The average Bonchev–Trinajstić information content (AvgIpc) is 2.80. The number of aliphatic carboxylic acids is 2. The van der Waals surface area contributed by atoms with E-state index in [2.05, 4.69) is 12.1 Å². The molecule has 0 spiro atoms. The fourth-order valence-electron chi connectivity index (χ4n) is 3.78. The van der Waals surface area contributed by atoms with E-state index in [1.165, 1.54) is 5.56 Å². The molecule has 0 aliphatic carbocycles. The van der Waals surface area contributed by atoms with Crippen LogP contribution in [0.2, 0.25) is 0 Å². The number of rotatable bonds is 15. The van der Waals surface area contributed by atoms with E-state index in [9.17, 15) is 24.6 Å². The summed E-state index contributed by atoms with van der Waals surface area (Å²) in [6.07, 6.45) is 0.102. The minimum Gasteiger partial charge on any atom is -0.481 e. The molecule has 2 atom stereocenters. The highest BCUT2D eigenvalue weighted by atomic mass is 16.6. The first-order valence-electron chi connectivity index (χ1n) is 11.4. The first-order valence-corrected chi connectivity index (χ1v) is 11.4. The highest BCUT2D eigenvalue weighted by molar-refractivity contribution is 5.88. The van der Waals surface area contributed by atoms with Gasteiger partial charge in [-0.3, -0.25) is 14.5 Å². The normalized spacial score (nSPS) is 13.7. The van der Waals surface area contributed by atoms with Crippen LogP contribution < -0.4 is 0 Å². The molecule has 8 heteroatoms. The van der Waals surface area contributed by atoms with Crippen molar-refractivity contribution in [2.24, 2.45) is 0 Å². The Balaban J connectivity index is 2.08. The van der Waals surface area contributed by atoms with E-state index >= 15 is 0 Å². The number of carboxylic acid groups (broad SMARTS) is 2. The number of esters is 1. The van der Waals surface area contributed by atoms with Gasteiger partial charge in [-0.25, -0.2) is 4.79 Å². The maximum absolute atomic E-state index is 12.6. The molecule has 0 saturated heterocycles. The van der Waals surface area contributed by atoms with E-state index in [0.717, 1.165) is 18.4 Å². The lowest BCUT2D eigenvalue weighted by Gasteiger charge is -2.31. The van der Waals surface area contributed by atoms with E-state index in [0.29, 0.717) is 25.9 Å². The largest absolute Gasteiger partial charge is 0.481 e. The Morgan fingerprint density at radius 1 is 0.912 bits per heavy atom. The van der Waals surface area contributed by atoms with Crippen LogP contribution in [0.4, 0.5) is 0 Å². The Kier molecular flexibility index (Phi) is 10.7. The summed E-state index contributed by atoms with van der Waals surface area (Å²) >= 11 is 0. The molecule has 3 N–H and O–H groups in total. The number of carbonyl (C=O) groups excluding carboxylic acids is 1. The Bertz CT molecular complexity index is 919. The average molecular weight is 472 g/mol. The Labute approximate surface area is 199 Å². The monoisotopic (exact) mass is 471 g/mol. The van der Waals surface area contributed by atoms with Crippen molar-refractivity contribution in [1.29, 1.82) is 0 Å². The van der Waals surface area contributed by atoms with Gasteiger partial charge in [0.25, 0.3) is 0 Å². The summed E-state index contributed by atoms with van der Waals surface area (Å²) in [6, 6.07) is 19.7. The number of carbonyl (C=O) groups is 3. The molecule has 0 radical (unpaired) electrons. The van der Waals surface area contributed by atoms with Crippen molar-refractivity contribution in [3.63, 3.8) is 0 Å². The summed E-state index contributed by atoms with van der Waals surface area (Å²) in [5, 5.41) is 28.4. The molecule has 0 heterocycles. The van der Waals surface area contributed by atoms with Gasteiger partial charge in [-0.05, 0) is 36.9 Å². The van der Waals surface area contributed by atoms with Crippen LogP contribution in [0.1, 0.15) is 43.7 Å². The van der Waals surface area contributed by atoms with Crippen LogP contribution in [0.15, 0.2) is 60.7 Å². The van der Waals surface area contributed by atoms with Crippen molar-refractivity contribution in [3.05, 3.63) is 71.8 Å². The predicted molar refractivity (Wildman–Crippen MR) is 126 cm³/mol. The second kappa shape index (κ2) is 13.5. The molecule has 0 bridgehead atoms. The van der Waals surface area contributed by atoms with E-state index in [1.807, 2.05) is 60.4 Å². The SMILES string of the molecule is CCN(CCCc1ccccc1)C(CCc1ccccc1)OC(=O)CC(O)(CC(=O)O)C(=O)O. The summed E-state index contributed by atoms with van der Waals surface area (Å²) in [6.45, 7) is 3.19. The van der Waals surface area contributed by atoms with Gasteiger partial charge in [0.15, 0.2) is 11.8 Å². The van der Waals surface area contributed by atoms with Gasteiger partial charge in [0.05, 0.1) is 12.8 Å². The molecular weight excluding hydrogens is 438 g/mol. The standard InChI is InChI=1S/C26H33NO7/c1-2-27(17-9-14-20-10-5-3-6-11-20)22(16-15-21-12-7-4-8-13-21)34-24(30)19-26(33,25(31)32)18-23(28)29/h3-8,10-13,22,33H,2,9,14-19H2,1H3,(H,28,29)(H,31,32). The zero-order chi connectivity index (χ0) is 25.0. The zero-order valence-corrected chi connectivity index (χ0v) is 19.4. The molecule has 0 saturated carbocycles. The van der Waals surface area contributed by atoms with Crippen LogP contribution in [0.5, 0.6) is 0 Å². The van der Waals surface area contributed by atoms with E-state index < -0.39 is 42.6 Å². The molecule has 8 nitrogen and oxygen atoms in total. The number of ether oxygens (including phenoxy) is 1. The van der Waals surface area contributed by atoms with Crippen LogP contribution in [0.25, 0.3) is 0 Å². The van der Waals surface area contributed by atoms with Crippen molar-refractivity contribution >= 4 is 17.9 Å². The molecule has 2 rings (SSSR count). The molecule has 0 aliphatic rings. The Morgan fingerprint density at radius 3 is 1.97 bits per heavy atom. The van der Waals surface area contributed by atoms with Crippen molar-refractivity contribution in [2.45, 2.75) is 57.3 Å². The van der Waals surface area contributed by atoms with E-state index in [4.69, 9.17) is 9.84 Å². The number of benzene rings is 2. The van der Waals surface area contributed by atoms with Gasteiger partial charge in [-0.1, -0.05) is 67.6 Å². The molecule has 0 amide bonds. The van der Waals surface area contributed by atoms with Crippen LogP contribution in [-0.2, 0) is 32.0 Å². The third-order valence-electron chi connectivity index (χ3n) is 5.64. The Hall–Kier alpha value is -3.23. The van der Waals surface area contributed by atoms with Gasteiger partial charge in [-0.2, -0.15) is 0 Å². The van der Waals surface area contributed by atoms with Gasteiger partial charge in [0.2, 0.25) is 0 Å². The van der Waals surface area contributed by atoms with Crippen molar-refractivity contribution in [1.82, 2.24) is 4.90 Å². The summed E-state index contributed by atoms with van der Waals surface area (Å²) in [5.41, 5.74) is -0.453. The van der Waals surface area contributed by atoms with Crippen LogP contribution in [0.3, 0.4) is 0 Å². The molecule has 34 heavy (non-hydrogen) atoms. The van der Waals surface area contributed by atoms with Gasteiger partial charge in [-0.15, -0.1) is 0 Å². The molecule has 2 aromatic carbocycles. The number of aliphatic hydroxyl groups is 1. The van der Waals surface area contributed by atoms with Gasteiger partial charge in [0.1, 0.15) is 0 Å². The fourth-order valence-corrected chi connectivity index (χ4v) is 3.78. The second-order valence-corrected chi connectivity index (χ2v) is 8.27. The minimum atomic E-state index is -2.72. The first kappa shape index (κ1) is 27.0. The molecule has 2 aromatic rings. The highest BCUT2D eigenvalue weighted by Gasteiger charge is 2.42. The van der Waals surface area contributed by atoms with E-state index in [1.54, 1.807) is 0 Å². The van der Waals surface area contributed by atoms with Gasteiger partial charge < -0.3 is 20.1 Å². The second-order valence-electron chi connectivity index (χ2n) is 8.27. The number of aryl methyl sites for hydroxylation is 2. The molecular formula is C26H33NO7. The van der Waals surface area contributed by atoms with Crippen LogP contribution in [0, 0.1) is 0 Å². The lowest BCUT2D eigenvalue weighted by Crippen LogP contribution is -2.45. The summed E-state index contributed by atoms with van der Waals surface area (Å²) in [4.78, 5) is 37.0. The zero-order valence-electron chi connectivity index (χ0n) is 19.4. The van der Waals surface area contributed by atoms with Crippen molar-refractivity contribution in [2.75, 3.05) is 13.1 Å². The third-order valence-corrected chi connectivity index (χ3v) is 5.64. The minimum absolute atomic E-state index is 0.472. The van der Waals surface area contributed by atoms with Crippen molar-refractivity contribution < 1.29 is 34.4 Å². The smallest absolute Gasteiger partial charge is 0.336 e. The van der Waals surface area contributed by atoms with Crippen LogP contribution >= 0.6 is 0 Å². The van der Waals surface area contributed by atoms with Gasteiger partial charge in [0, 0.05) is 13.0 Å². The van der Waals surface area contributed by atoms with Crippen molar-refractivity contribution in [3.8, 4) is 0 Å². The molecule has 184 valence electrons. The number of hydrogen-bond donors (Lipinski definition) is 3. The number of carboxylic acids is 2. The number of nitrogens with zero attached hydrogens (tertiary/aromatic N) is 1. The molecule has 0 aromatic heterocycles. The quantitative estimate of drug-likeness (QED) is 0.267. The van der Waals surface area contributed by atoms with Crippen LogP contribution in [-0.4, -0.2) is 63.0 Å². The summed E-state index contributed by atoms with van der Waals surface area (Å²) < 4.78 is 5.63. The maximum Gasteiger partial charge on any atom is 0.336 e.